The number of nitrogens with zero attached hydrogens (tertiary/aromatic N) is 1. The summed E-state index contributed by atoms with van der Waals surface area (Å²) in [6.45, 7) is 0.633. The summed E-state index contributed by atoms with van der Waals surface area (Å²) in [4.78, 5) is 12.4. The van der Waals surface area contributed by atoms with Gasteiger partial charge in [0.05, 0.1) is 19.1 Å². The summed E-state index contributed by atoms with van der Waals surface area (Å²) in [7, 11) is -2.04. The van der Waals surface area contributed by atoms with Gasteiger partial charge in [-0.2, -0.15) is 0 Å². The summed E-state index contributed by atoms with van der Waals surface area (Å²) >= 11 is 0. The Balaban J connectivity index is 1.51. The lowest BCUT2D eigenvalue weighted by Crippen LogP contribution is -2.31. The molecule has 0 aromatic heterocycles. The van der Waals surface area contributed by atoms with Gasteiger partial charge in [-0.3, -0.25) is 9.10 Å². The van der Waals surface area contributed by atoms with Crippen molar-refractivity contribution in [2.45, 2.75) is 19.4 Å². The summed E-state index contributed by atoms with van der Waals surface area (Å²) in [6.07, 6.45) is 1.67. The van der Waals surface area contributed by atoms with E-state index in [2.05, 4.69) is 5.32 Å². The van der Waals surface area contributed by atoms with E-state index in [4.69, 9.17) is 9.47 Å². The molecule has 0 aliphatic heterocycles. The first kappa shape index (κ1) is 24.1. The van der Waals surface area contributed by atoms with Crippen LogP contribution in [0.1, 0.15) is 18.4 Å². The topological polar surface area (TPSA) is 84.9 Å². The van der Waals surface area contributed by atoms with Crippen LogP contribution in [0, 0.1) is 0 Å². The highest BCUT2D eigenvalue weighted by molar-refractivity contribution is 7.92. The van der Waals surface area contributed by atoms with Crippen LogP contribution in [0.3, 0.4) is 0 Å². The third kappa shape index (κ3) is 7.25. The number of hydrogen-bond acceptors (Lipinski definition) is 5. The predicted molar refractivity (Wildman–Crippen MR) is 130 cm³/mol. The van der Waals surface area contributed by atoms with Crippen LogP contribution in [-0.4, -0.2) is 34.2 Å². The summed E-state index contributed by atoms with van der Waals surface area (Å²) < 4.78 is 36.9. The van der Waals surface area contributed by atoms with Crippen LogP contribution < -0.4 is 19.1 Å². The number of carbonyl (C=O) groups excluding carboxylic acids is 1. The maximum absolute atomic E-state index is 12.4. The molecule has 0 saturated carbocycles. The number of sulfonamides is 1. The average molecular weight is 469 g/mol. The quantitative estimate of drug-likeness (QED) is 0.449. The van der Waals surface area contributed by atoms with Crippen molar-refractivity contribution in [1.82, 2.24) is 0 Å². The standard InChI is InChI=1S/C25H28N2O5S/c1-31-24-12-7-6-11-23(24)27(33(2,29)30)18-8-13-25(28)26-21-14-16-22(17-15-21)32-19-20-9-4-3-5-10-20/h3-7,9-12,14-17H,8,13,18-19H2,1-2H3,(H,26,28). The van der Waals surface area contributed by atoms with Crippen LogP contribution in [0.5, 0.6) is 11.5 Å². The second kappa shape index (κ2) is 11.4. The molecular weight excluding hydrogens is 440 g/mol. The molecule has 3 aromatic rings. The fraction of sp³-hybridized carbons (Fsp3) is 0.240. The molecule has 0 spiro atoms. The molecule has 0 atom stereocenters. The zero-order chi connectivity index (χ0) is 23.7. The number of anilines is 2. The molecule has 1 N–H and O–H groups in total. The average Bonchev–Trinajstić information content (AvgIpc) is 2.81. The van der Waals surface area contributed by atoms with Gasteiger partial charge >= 0.3 is 0 Å². The second-order valence-corrected chi connectivity index (χ2v) is 9.36. The Labute approximate surface area is 195 Å². The van der Waals surface area contributed by atoms with E-state index in [0.717, 1.165) is 11.8 Å². The zero-order valence-corrected chi connectivity index (χ0v) is 19.5. The maximum Gasteiger partial charge on any atom is 0.232 e. The second-order valence-electron chi connectivity index (χ2n) is 7.46. The van der Waals surface area contributed by atoms with Crippen molar-refractivity contribution in [3.8, 4) is 11.5 Å². The lowest BCUT2D eigenvalue weighted by atomic mass is 10.2. The Morgan fingerprint density at radius 2 is 1.61 bits per heavy atom. The Morgan fingerprint density at radius 1 is 0.939 bits per heavy atom. The molecule has 0 bridgehead atoms. The van der Waals surface area contributed by atoms with Crippen LogP contribution >= 0.6 is 0 Å². The zero-order valence-electron chi connectivity index (χ0n) is 18.7. The van der Waals surface area contributed by atoms with Crippen molar-refractivity contribution in [1.29, 1.82) is 0 Å². The molecule has 0 fully saturated rings. The van der Waals surface area contributed by atoms with Gasteiger partial charge in [0, 0.05) is 18.7 Å². The first-order chi connectivity index (χ1) is 15.9. The first-order valence-electron chi connectivity index (χ1n) is 10.5. The molecule has 33 heavy (non-hydrogen) atoms. The molecule has 0 heterocycles. The Bertz CT molecular complexity index is 1150. The smallest absolute Gasteiger partial charge is 0.232 e. The summed E-state index contributed by atoms with van der Waals surface area (Å²) in [5.41, 5.74) is 2.18. The van der Waals surface area contributed by atoms with E-state index in [0.29, 0.717) is 35.9 Å². The van der Waals surface area contributed by atoms with Crippen LogP contribution in [0.4, 0.5) is 11.4 Å². The third-order valence-electron chi connectivity index (χ3n) is 4.91. The normalized spacial score (nSPS) is 11.0. The van der Waals surface area contributed by atoms with E-state index in [-0.39, 0.29) is 18.9 Å². The highest BCUT2D eigenvalue weighted by atomic mass is 32.2. The van der Waals surface area contributed by atoms with Gasteiger partial charge in [-0.1, -0.05) is 42.5 Å². The van der Waals surface area contributed by atoms with Crippen molar-refractivity contribution < 1.29 is 22.7 Å². The molecule has 0 aliphatic carbocycles. The highest BCUT2D eigenvalue weighted by Crippen LogP contribution is 2.29. The number of benzene rings is 3. The van der Waals surface area contributed by atoms with E-state index < -0.39 is 10.0 Å². The van der Waals surface area contributed by atoms with Crippen LogP contribution in [-0.2, 0) is 21.4 Å². The van der Waals surface area contributed by atoms with E-state index in [1.807, 2.05) is 30.3 Å². The lowest BCUT2D eigenvalue weighted by molar-refractivity contribution is -0.116. The summed E-state index contributed by atoms with van der Waals surface area (Å²) in [6, 6.07) is 23.9. The number of nitrogens with one attached hydrogen (secondary N) is 1. The molecular formula is C25H28N2O5S. The summed E-state index contributed by atoms with van der Waals surface area (Å²) in [5, 5.41) is 2.83. The molecule has 3 aromatic carbocycles. The number of ether oxygens (including phenoxy) is 2. The Kier molecular flexibility index (Phi) is 8.32. The minimum absolute atomic E-state index is 0.166. The number of rotatable bonds is 11. The fourth-order valence-electron chi connectivity index (χ4n) is 3.28. The van der Waals surface area contributed by atoms with Crippen molar-refractivity contribution in [2.75, 3.05) is 29.5 Å². The molecule has 1 amide bonds. The molecule has 3 rings (SSSR count). The lowest BCUT2D eigenvalue weighted by Gasteiger charge is -2.24. The maximum atomic E-state index is 12.4. The molecule has 7 nitrogen and oxygen atoms in total. The fourth-order valence-corrected chi connectivity index (χ4v) is 4.25. The van der Waals surface area contributed by atoms with Gasteiger partial charge in [0.2, 0.25) is 15.9 Å². The van der Waals surface area contributed by atoms with E-state index in [1.165, 1.54) is 11.4 Å². The molecule has 0 saturated heterocycles. The Hall–Kier alpha value is -3.52. The van der Waals surface area contributed by atoms with Gasteiger partial charge < -0.3 is 14.8 Å². The number of para-hydroxylation sites is 2. The van der Waals surface area contributed by atoms with Gasteiger partial charge in [0.15, 0.2) is 0 Å². The van der Waals surface area contributed by atoms with Crippen LogP contribution in [0.25, 0.3) is 0 Å². The SMILES string of the molecule is COc1ccccc1N(CCCC(=O)Nc1ccc(OCc2ccccc2)cc1)S(C)(=O)=O. The monoisotopic (exact) mass is 468 g/mol. The number of methoxy groups -OCH3 is 1. The highest BCUT2D eigenvalue weighted by Gasteiger charge is 2.20. The molecule has 0 unspecified atom stereocenters. The molecule has 174 valence electrons. The molecule has 0 radical (unpaired) electrons. The van der Waals surface area contributed by atoms with Gasteiger partial charge in [-0.05, 0) is 48.4 Å². The van der Waals surface area contributed by atoms with Crippen molar-refractivity contribution >= 4 is 27.3 Å². The third-order valence-corrected chi connectivity index (χ3v) is 6.09. The van der Waals surface area contributed by atoms with E-state index in [1.54, 1.807) is 48.5 Å². The van der Waals surface area contributed by atoms with Crippen LogP contribution in [0.15, 0.2) is 78.9 Å². The largest absolute Gasteiger partial charge is 0.495 e. The van der Waals surface area contributed by atoms with Crippen molar-refractivity contribution in [2.24, 2.45) is 0 Å². The minimum atomic E-state index is -3.53. The molecule has 8 heteroatoms. The number of amides is 1. The van der Waals surface area contributed by atoms with Gasteiger partial charge in [0.1, 0.15) is 18.1 Å². The Morgan fingerprint density at radius 3 is 2.27 bits per heavy atom. The van der Waals surface area contributed by atoms with Crippen molar-refractivity contribution in [3.63, 3.8) is 0 Å². The molecule has 0 aliphatic rings. The number of hydrogen-bond donors (Lipinski definition) is 1. The minimum Gasteiger partial charge on any atom is -0.495 e. The van der Waals surface area contributed by atoms with Crippen LogP contribution in [0.2, 0.25) is 0 Å². The van der Waals surface area contributed by atoms with Gasteiger partial charge in [-0.25, -0.2) is 8.42 Å². The van der Waals surface area contributed by atoms with E-state index >= 15 is 0 Å². The summed E-state index contributed by atoms with van der Waals surface area (Å²) in [5.74, 6) is 0.973. The van der Waals surface area contributed by atoms with Crippen molar-refractivity contribution in [3.05, 3.63) is 84.4 Å². The van der Waals surface area contributed by atoms with E-state index in [9.17, 15) is 13.2 Å². The predicted octanol–water partition coefficient (Wildman–Crippen LogP) is 4.46. The van der Waals surface area contributed by atoms with Gasteiger partial charge in [-0.15, -0.1) is 0 Å². The van der Waals surface area contributed by atoms with Gasteiger partial charge in [0.25, 0.3) is 0 Å². The number of carbonyl (C=O) groups is 1. The first-order valence-corrected chi connectivity index (χ1v) is 12.4.